The third-order valence-electron chi connectivity index (χ3n) is 5.43. The molecule has 1 aromatic carbocycles. The summed E-state index contributed by atoms with van der Waals surface area (Å²) in [6.07, 6.45) is 4.24. The SMILES string of the molecule is COC[C@@H]1CNc2c(NCCc3c[nH]c4ccccc34)nc(-c3ccc[nH]c3=O)nc2O1. The van der Waals surface area contributed by atoms with Gasteiger partial charge in [-0.1, -0.05) is 18.2 Å². The monoisotopic (exact) mass is 432 g/mol. The van der Waals surface area contributed by atoms with Gasteiger partial charge in [0.2, 0.25) is 5.88 Å². The lowest BCUT2D eigenvalue weighted by Crippen LogP contribution is -2.35. The van der Waals surface area contributed by atoms with Crippen LogP contribution in [0.2, 0.25) is 0 Å². The summed E-state index contributed by atoms with van der Waals surface area (Å²) in [6.45, 7) is 1.66. The fourth-order valence-corrected chi connectivity index (χ4v) is 3.88. The smallest absolute Gasteiger partial charge is 0.259 e. The van der Waals surface area contributed by atoms with Crippen LogP contribution in [0.15, 0.2) is 53.6 Å². The molecule has 0 radical (unpaired) electrons. The van der Waals surface area contributed by atoms with Gasteiger partial charge in [0, 0.05) is 37.0 Å². The molecule has 4 aromatic rings. The maximum Gasteiger partial charge on any atom is 0.259 e. The van der Waals surface area contributed by atoms with E-state index >= 15 is 0 Å². The Bertz CT molecular complexity index is 1300. The zero-order valence-electron chi connectivity index (χ0n) is 17.6. The van der Waals surface area contributed by atoms with Crippen LogP contribution in [-0.4, -0.2) is 52.8 Å². The molecule has 0 saturated carbocycles. The number of methoxy groups -OCH3 is 1. The number of fused-ring (bicyclic) bond motifs is 2. The highest BCUT2D eigenvalue weighted by molar-refractivity contribution is 5.83. The summed E-state index contributed by atoms with van der Waals surface area (Å²) in [5.41, 5.74) is 3.15. The van der Waals surface area contributed by atoms with E-state index in [1.54, 1.807) is 25.4 Å². The number of hydrogen-bond acceptors (Lipinski definition) is 7. The molecule has 1 atom stereocenters. The predicted octanol–water partition coefficient (Wildman–Crippen LogP) is 2.79. The van der Waals surface area contributed by atoms with Gasteiger partial charge in [-0.2, -0.15) is 4.98 Å². The lowest BCUT2D eigenvalue weighted by atomic mass is 10.1. The van der Waals surface area contributed by atoms with Crippen LogP contribution in [0.1, 0.15) is 5.56 Å². The van der Waals surface area contributed by atoms with Gasteiger partial charge in [-0.15, -0.1) is 0 Å². The lowest BCUT2D eigenvalue weighted by Gasteiger charge is -2.27. The molecule has 9 nitrogen and oxygen atoms in total. The molecule has 0 saturated heterocycles. The number of H-pyrrole nitrogens is 2. The molecule has 0 aliphatic carbocycles. The first-order valence-electron chi connectivity index (χ1n) is 10.5. The molecule has 164 valence electrons. The average molecular weight is 432 g/mol. The van der Waals surface area contributed by atoms with E-state index in [4.69, 9.17) is 9.47 Å². The van der Waals surface area contributed by atoms with Gasteiger partial charge in [0.25, 0.3) is 5.56 Å². The summed E-state index contributed by atoms with van der Waals surface area (Å²) in [5, 5.41) is 7.96. The summed E-state index contributed by atoms with van der Waals surface area (Å²) < 4.78 is 11.2. The third-order valence-corrected chi connectivity index (χ3v) is 5.43. The van der Waals surface area contributed by atoms with E-state index in [9.17, 15) is 4.79 Å². The molecule has 32 heavy (non-hydrogen) atoms. The van der Waals surface area contributed by atoms with Crippen LogP contribution in [0.5, 0.6) is 5.88 Å². The molecule has 0 spiro atoms. The van der Waals surface area contributed by atoms with Crippen molar-refractivity contribution in [2.24, 2.45) is 0 Å². The fourth-order valence-electron chi connectivity index (χ4n) is 3.88. The van der Waals surface area contributed by atoms with E-state index in [0.717, 1.165) is 11.9 Å². The van der Waals surface area contributed by atoms with Crippen LogP contribution >= 0.6 is 0 Å². The molecule has 0 amide bonds. The van der Waals surface area contributed by atoms with Crippen molar-refractivity contribution in [1.29, 1.82) is 0 Å². The van der Waals surface area contributed by atoms with Crippen molar-refractivity contribution in [1.82, 2.24) is 19.9 Å². The highest BCUT2D eigenvalue weighted by Crippen LogP contribution is 2.35. The normalized spacial score (nSPS) is 15.1. The maximum atomic E-state index is 12.3. The second-order valence-corrected chi connectivity index (χ2v) is 7.60. The van der Waals surface area contributed by atoms with Gasteiger partial charge in [-0.3, -0.25) is 4.79 Å². The average Bonchev–Trinajstić information content (AvgIpc) is 3.22. The van der Waals surface area contributed by atoms with E-state index in [-0.39, 0.29) is 11.7 Å². The third kappa shape index (κ3) is 3.90. The van der Waals surface area contributed by atoms with Crippen LogP contribution in [0.3, 0.4) is 0 Å². The first kappa shape index (κ1) is 20.1. The molecule has 4 N–H and O–H groups in total. The molecule has 0 bridgehead atoms. The van der Waals surface area contributed by atoms with E-state index in [2.05, 4.69) is 42.7 Å². The van der Waals surface area contributed by atoms with E-state index in [0.29, 0.717) is 48.5 Å². The number of nitrogens with one attached hydrogen (secondary N) is 4. The molecule has 1 aliphatic heterocycles. The topological polar surface area (TPSA) is 117 Å². The second-order valence-electron chi connectivity index (χ2n) is 7.60. The number of ether oxygens (including phenoxy) is 2. The Morgan fingerprint density at radius 2 is 2.09 bits per heavy atom. The molecular weight excluding hydrogens is 408 g/mol. The van der Waals surface area contributed by atoms with Crippen LogP contribution in [0.4, 0.5) is 11.5 Å². The van der Waals surface area contributed by atoms with Gasteiger partial charge in [0.05, 0.1) is 18.7 Å². The van der Waals surface area contributed by atoms with Crippen molar-refractivity contribution in [2.75, 3.05) is 37.4 Å². The number of para-hydroxylation sites is 1. The van der Waals surface area contributed by atoms with Crippen LogP contribution in [-0.2, 0) is 11.2 Å². The standard InChI is InChI=1S/C23H24N6O3/c1-31-13-15-12-27-19-21(24-10-8-14-11-26-18-7-3-2-5-16(14)18)28-20(29-23(19)32-15)17-6-4-9-25-22(17)30/h2-7,9,11,15,26-27H,8,10,12-13H2,1H3,(H,25,30)(H,24,28,29)/t15-/m0/s1. The van der Waals surface area contributed by atoms with Gasteiger partial charge < -0.3 is 30.1 Å². The minimum Gasteiger partial charge on any atom is -0.468 e. The van der Waals surface area contributed by atoms with Crippen molar-refractivity contribution in [2.45, 2.75) is 12.5 Å². The predicted molar refractivity (Wildman–Crippen MR) is 123 cm³/mol. The van der Waals surface area contributed by atoms with Gasteiger partial charge in [0.1, 0.15) is 11.8 Å². The first-order chi connectivity index (χ1) is 15.7. The molecule has 4 heterocycles. The molecule has 0 fully saturated rings. The Balaban J connectivity index is 1.44. The Labute approximate surface area is 184 Å². The van der Waals surface area contributed by atoms with Gasteiger partial charge in [-0.05, 0) is 30.2 Å². The number of nitrogens with zero attached hydrogens (tertiary/aromatic N) is 2. The van der Waals surface area contributed by atoms with Gasteiger partial charge in [0.15, 0.2) is 11.6 Å². The van der Waals surface area contributed by atoms with Crippen LogP contribution < -0.4 is 20.9 Å². The van der Waals surface area contributed by atoms with Crippen LogP contribution in [0.25, 0.3) is 22.3 Å². The summed E-state index contributed by atoms with van der Waals surface area (Å²) in [6, 6.07) is 11.7. The molecule has 3 aromatic heterocycles. The number of benzene rings is 1. The summed E-state index contributed by atoms with van der Waals surface area (Å²) in [7, 11) is 1.63. The summed E-state index contributed by atoms with van der Waals surface area (Å²) >= 11 is 0. The summed E-state index contributed by atoms with van der Waals surface area (Å²) in [5.74, 6) is 1.31. The Morgan fingerprint density at radius 3 is 2.97 bits per heavy atom. The number of anilines is 2. The van der Waals surface area contributed by atoms with Gasteiger partial charge >= 0.3 is 0 Å². The van der Waals surface area contributed by atoms with E-state index in [1.165, 1.54) is 10.9 Å². The van der Waals surface area contributed by atoms with Crippen molar-refractivity contribution in [3.63, 3.8) is 0 Å². The summed E-state index contributed by atoms with van der Waals surface area (Å²) in [4.78, 5) is 27.5. The number of hydrogen-bond donors (Lipinski definition) is 4. The highest BCUT2D eigenvalue weighted by Gasteiger charge is 2.26. The largest absolute Gasteiger partial charge is 0.468 e. The van der Waals surface area contributed by atoms with E-state index in [1.807, 2.05) is 18.3 Å². The minimum atomic E-state index is -0.255. The Morgan fingerprint density at radius 1 is 1.19 bits per heavy atom. The second kappa shape index (κ2) is 8.72. The zero-order valence-corrected chi connectivity index (χ0v) is 17.6. The molecule has 5 rings (SSSR count). The maximum absolute atomic E-state index is 12.3. The number of aromatic nitrogens is 4. The molecule has 1 aliphatic rings. The molecular formula is C23H24N6O3. The van der Waals surface area contributed by atoms with E-state index < -0.39 is 0 Å². The fraction of sp³-hybridized carbons (Fsp3) is 0.261. The molecule has 0 unspecified atom stereocenters. The molecule has 9 heteroatoms. The highest BCUT2D eigenvalue weighted by atomic mass is 16.5. The first-order valence-corrected chi connectivity index (χ1v) is 10.5. The van der Waals surface area contributed by atoms with Crippen molar-refractivity contribution in [3.8, 4) is 17.3 Å². The number of rotatable bonds is 7. The van der Waals surface area contributed by atoms with Crippen molar-refractivity contribution >= 4 is 22.4 Å². The minimum absolute atomic E-state index is 0.177. The van der Waals surface area contributed by atoms with Crippen molar-refractivity contribution in [3.05, 3.63) is 64.7 Å². The van der Waals surface area contributed by atoms with Crippen molar-refractivity contribution < 1.29 is 9.47 Å². The Kier molecular flexibility index (Phi) is 5.47. The quantitative estimate of drug-likeness (QED) is 0.355. The van der Waals surface area contributed by atoms with Gasteiger partial charge in [-0.25, -0.2) is 4.98 Å². The number of aromatic amines is 2. The Hall–Kier alpha value is -3.85. The number of pyridine rings is 1. The lowest BCUT2D eigenvalue weighted by molar-refractivity contribution is 0.0815. The zero-order chi connectivity index (χ0) is 21.9. The van der Waals surface area contributed by atoms with Crippen LogP contribution in [0, 0.1) is 0 Å².